The fourth-order valence-corrected chi connectivity index (χ4v) is 3.90. The highest BCUT2D eigenvalue weighted by atomic mass is 35.5. The third-order valence-corrected chi connectivity index (χ3v) is 5.21. The highest BCUT2D eigenvalue weighted by Crippen LogP contribution is 2.44. The third kappa shape index (κ3) is 3.25. The van der Waals surface area contributed by atoms with E-state index in [9.17, 15) is 10.1 Å². The van der Waals surface area contributed by atoms with Crippen molar-refractivity contribution in [1.82, 2.24) is 0 Å². The number of carbonyl (C=O) groups excluding carboxylic acids is 1. The van der Waals surface area contributed by atoms with Gasteiger partial charge in [-0.3, -0.25) is 4.79 Å². The van der Waals surface area contributed by atoms with Gasteiger partial charge in [0.15, 0.2) is 5.78 Å². The molecule has 112 valence electrons. The van der Waals surface area contributed by atoms with E-state index in [1.165, 1.54) is 0 Å². The number of carbonyl (C=O) groups is 1. The van der Waals surface area contributed by atoms with Crippen molar-refractivity contribution < 1.29 is 4.79 Å². The number of benzene rings is 1. The molecule has 4 heteroatoms. The van der Waals surface area contributed by atoms with Crippen molar-refractivity contribution in [3.8, 4) is 6.07 Å². The topological polar surface area (TPSA) is 40.9 Å². The summed E-state index contributed by atoms with van der Waals surface area (Å²) in [5, 5.41) is 10.3. The van der Waals surface area contributed by atoms with Crippen molar-refractivity contribution in [3.63, 3.8) is 0 Å². The van der Waals surface area contributed by atoms with Crippen LogP contribution in [-0.4, -0.2) is 5.78 Å². The molecule has 1 fully saturated rings. The van der Waals surface area contributed by atoms with E-state index in [0.29, 0.717) is 15.6 Å². The molecule has 1 aromatic rings. The van der Waals surface area contributed by atoms with Crippen LogP contribution in [0.3, 0.4) is 0 Å². The van der Waals surface area contributed by atoms with E-state index in [1.807, 2.05) is 0 Å². The summed E-state index contributed by atoms with van der Waals surface area (Å²) in [5.41, 5.74) is 0.382. The zero-order chi connectivity index (χ0) is 15.6. The van der Waals surface area contributed by atoms with Gasteiger partial charge in [-0.25, -0.2) is 0 Å². The van der Waals surface area contributed by atoms with E-state index in [-0.39, 0.29) is 17.1 Å². The highest BCUT2D eigenvalue weighted by molar-refractivity contribution is 6.36. The summed E-state index contributed by atoms with van der Waals surface area (Å²) in [5.74, 6) is -1.03. The molecule has 2 rings (SSSR count). The van der Waals surface area contributed by atoms with Crippen LogP contribution in [0.5, 0.6) is 0 Å². The standard InChI is InChI=1S/C17H19Cl2NO/c1-17(2)9-4-3-6-12(17)16(21)11(10-20)15-13(18)7-5-8-14(15)19/h5,7-8,11-12H,3-4,6,9H2,1-2H3. The third-order valence-electron chi connectivity index (χ3n) is 4.55. The van der Waals surface area contributed by atoms with E-state index < -0.39 is 5.92 Å². The molecule has 21 heavy (non-hydrogen) atoms. The molecule has 2 atom stereocenters. The molecular formula is C17H19Cl2NO. The van der Waals surface area contributed by atoms with Crippen LogP contribution in [0.2, 0.25) is 10.0 Å². The SMILES string of the molecule is CC1(C)CCCCC1C(=O)C(C#N)c1c(Cl)cccc1Cl. The monoisotopic (exact) mass is 323 g/mol. The Morgan fingerprint density at radius 3 is 2.48 bits per heavy atom. The normalized spacial score (nSPS) is 22.3. The first kappa shape index (κ1) is 16.3. The predicted molar refractivity (Wildman–Crippen MR) is 85.6 cm³/mol. The molecule has 1 aliphatic rings. The molecule has 0 aliphatic heterocycles. The van der Waals surface area contributed by atoms with Gasteiger partial charge < -0.3 is 0 Å². The second-order valence-electron chi connectivity index (χ2n) is 6.39. The van der Waals surface area contributed by atoms with Crippen LogP contribution < -0.4 is 0 Å². The summed E-state index contributed by atoms with van der Waals surface area (Å²) in [6.07, 6.45) is 4.03. The number of Topliss-reactive ketones (excluding diaryl/α,β-unsaturated/α-hetero) is 1. The number of nitrogens with zero attached hydrogens (tertiary/aromatic N) is 1. The zero-order valence-corrected chi connectivity index (χ0v) is 13.8. The van der Waals surface area contributed by atoms with Crippen LogP contribution in [-0.2, 0) is 4.79 Å². The summed E-state index contributed by atoms with van der Waals surface area (Å²) in [6, 6.07) is 7.18. The largest absolute Gasteiger partial charge is 0.298 e. The van der Waals surface area contributed by atoms with Gasteiger partial charge in [-0.05, 0) is 30.4 Å². The molecule has 0 amide bonds. The number of halogens is 2. The number of hydrogen-bond acceptors (Lipinski definition) is 2. The maximum Gasteiger partial charge on any atom is 0.158 e. The lowest BCUT2D eigenvalue weighted by molar-refractivity contribution is -0.128. The van der Waals surface area contributed by atoms with Gasteiger partial charge in [0.25, 0.3) is 0 Å². The Hall–Kier alpha value is -1.04. The Morgan fingerprint density at radius 2 is 1.95 bits per heavy atom. The van der Waals surface area contributed by atoms with Gasteiger partial charge in [0.1, 0.15) is 5.92 Å². The van der Waals surface area contributed by atoms with Crippen molar-refractivity contribution >= 4 is 29.0 Å². The van der Waals surface area contributed by atoms with E-state index in [4.69, 9.17) is 23.2 Å². The first-order chi connectivity index (χ1) is 9.88. The number of ketones is 1. The average Bonchev–Trinajstić information content (AvgIpc) is 2.42. The minimum atomic E-state index is -0.881. The fourth-order valence-electron chi connectivity index (χ4n) is 3.28. The van der Waals surface area contributed by atoms with Crippen LogP contribution >= 0.6 is 23.2 Å². The van der Waals surface area contributed by atoms with Gasteiger partial charge >= 0.3 is 0 Å². The summed E-state index contributed by atoms with van der Waals surface area (Å²) < 4.78 is 0. The highest BCUT2D eigenvalue weighted by Gasteiger charge is 2.41. The van der Waals surface area contributed by atoms with E-state index >= 15 is 0 Å². The Kier molecular flexibility index (Phi) is 4.96. The van der Waals surface area contributed by atoms with Gasteiger partial charge in [-0.2, -0.15) is 5.26 Å². The van der Waals surface area contributed by atoms with E-state index in [2.05, 4.69) is 19.9 Å². The van der Waals surface area contributed by atoms with Gasteiger partial charge in [-0.1, -0.05) is 56.0 Å². The molecule has 1 saturated carbocycles. The smallest absolute Gasteiger partial charge is 0.158 e. The predicted octanol–water partition coefficient (Wildman–Crippen LogP) is 5.39. The first-order valence-electron chi connectivity index (χ1n) is 7.25. The maximum atomic E-state index is 12.9. The molecule has 0 spiro atoms. The summed E-state index contributed by atoms with van der Waals surface area (Å²) in [7, 11) is 0. The Bertz CT molecular complexity index is 569. The van der Waals surface area contributed by atoms with Crippen molar-refractivity contribution in [2.45, 2.75) is 45.4 Å². The van der Waals surface area contributed by atoms with Crippen LogP contribution in [0.15, 0.2) is 18.2 Å². The van der Waals surface area contributed by atoms with Crippen molar-refractivity contribution in [2.75, 3.05) is 0 Å². The molecule has 2 unspecified atom stereocenters. The zero-order valence-electron chi connectivity index (χ0n) is 12.3. The van der Waals surface area contributed by atoms with Gasteiger partial charge in [0.2, 0.25) is 0 Å². The number of hydrogen-bond donors (Lipinski definition) is 0. The van der Waals surface area contributed by atoms with Gasteiger partial charge in [0.05, 0.1) is 6.07 Å². The van der Waals surface area contributed by atoms with Crippen molar-refractivity contribution in [2.24, 2.45) is 11.3 Å². The van der Waals surface area contributed by atoms with Crippen LogP contribution in [0.25, 0.3) is 0 Å². The molecule has 2 nitrogen and oxygen atoms in total. The lowest BCUT2D eigenvalue weighted by Gasteiger charge is -2.38. The molecular weight excluding hydrogens is 305 g/mol. The molecule has 0 heterocycles. The lowest BCUT2D eigenvalue weighted by Crippen LogP contribution is -2.36. The minimum absolute atomic E-state index is 0.0443. The Balaban J connectivity index is 2.38. The van der Waals surface area contributed by atoms with Crippen LogP contribution in [0.4, 0.5) is 0 Å². The Morgan fingerprint density at radius 1 is 1.33 bits per heavy atom. The van der Waals surface area contributed by atoms with Crippen molar-refractivity contribution in [3.05, 3.63) is 33.8 Å². The molecule has 0 N–H and O–H groups in total. The molecule has 0 aromatic heterocycles. The lowest BCUT2D eigenvalue weighted by atomic mass is 9.65. The minimum Gasteiger partial charge on any atom is -0.298 e. The number of rotatable bonds is 3. The fraction of sp³-hybridized carbons (Fsp3) is 0.529. The van der Waals surface area contributed by atoms with Gasteiger partial charge in [-0.15, -0.1) is 0 Å². The maximum absolute atomic E-state index is 12.9. The van der Waals surface area contributed by atoms with E-state index in [1.54, 1.807) is 18.2 Å². The van der Waals surface area contributed by atoms with Crippen LogP contribution in [0, 0.1) is 22.7 Å². The molecule has 1 aliphatic carbocycles. The molecule has 0 saturated heterocycles. The molecule has 0 bridgehead atoms. The quantitative estimate of drug-likeness (QED) is 0.748. The summed E-state index contributed by atoms with van der Waals surface area (Å²) >= 11 is 12.3. The van der Waals surface area contributed by atoms with E-state index in [0.717, 1.165) is 25.7 Å². The van der Waals surface area contributed by atoms with Crippen molar-refractivity contribution in [1.29, 1.82) is 5.26 Å². The first-order valence-corrected chi connectivity index (χ1v) is 8.01. The average molecular weight is 324 g/mol. The second-order valence-corrected chi connectivity index (χ2v) is 7.20. The Labute approximate surface area is 136 Å². The number of nitriles is 1. The van der Waals surface area contributed by atoms with Crippen LogP contribution in [0.1, 0.15) is 51.0 Å². The summed E-state index contributed by atoms with van der Waals surface area (Å²) in [4.78, 5) is 12.9. The molecule has 0 radical (unpaired) electrons. The van der Waals surface area contributed by atoms with Gasteiger partial charge in [0, 0.05) is 21.5 Å². The second kappa shape index (κ2) is 6.38. The summed E-state index contributed by atoms with van der Waals surface area (Å²) in [6.45, 7) is 4.22. The molecule has 1 aromatic carbocycles.